The number of hydrogen-bond acceptors (Lipinski definition) is 1. The van der Waals surface area contributed by atoms with Crippen LogP contribution in [0.2, 0.25) is 0 Å². The quantitative estimate of drug-likeness (QED) is 0.262. The van der Waals surface area contributed by atoms with Crippen molar-refractivity contribution in [3.8, 4) is 22.4 Å². The molecule has 3 heteroatoms. The summed E-state index contributed by atoms with van der Waals surface area (Å²) in [4.78, 5) is 4.72. The first-order valence-electron chi connectivity index (χ1n) is 11.8. The van der Waals surface area contributed by atoms with Gasteiger partial charge >= 0.3 is 0 Å². The van der Waals surface area contributed by atoms with Crippen LogP contribution in [0.25, 0.3) is 22.4 Å². The maximum absolute atomic E-state index is 4.72. The van der Waals surface area contributed by atoms with Crippen molar-refractivity contribution in [2.24, 2.45) is 0 Å². The van der Waals surface area contributed by atoms with Crippen molar-refractivity contribution in [3.63, 3.8) is 0 Å². The Bertz CT molecular complexity index is 795. The Morgan fingerprint density at radius 3 is 1.70 bits per heavy atom. The lowest BCUT2D eigenvalue weighted by Gasteiger charge is -2.08. The van der Waals surface area contributed by atoms with Gasteiger partial charge in [0.25, 0.3) is 0 Å². The van der Waals surface area contributed by atoms with Gasteiger partial charge in [-0.25, -0.2) is 9.13 Å². The third-order valence-corrected chi connectivity index (χ3v) is 5.71. The van der Waals surface area contributed by atoms with Crippen LogP contribution in [0.15, 0.2) is 67.4 Å². The standard InChI is InChI=1S/C27H37N3/c1-3-5-7-9-18-29-20-13-24(14-21-29)26-12-11-17-28-27(26)25-15-22-30(23-16-25)19-10-8-6-4-2/h11-17,20-23H,3-10,18-19H2,1-2H3/q+2. The Morgan fingerprint density at radius 2 is 1.17 bits per heavy atom. The number of aromatic nitrogens is 3. The lowest BCUT2D eigenvalue weighted by Crippen LogP contribution is -2.32. The highest BCUT2D eigenvalue weighted by Gasteiger charge is 2.12. The van der Waals surface area contributed by atoms with Crippen molar-refractivity contribution in [1.82, 2.24) is 4.98 Å². The van der Waals surface area contributed by atoms with Crippen molar-refractivity contribution in [1.29, 1.82) is 0 Å². The van der Waals surface area contributed by atoms with E-state index in [1.807, 2.05) is 12.3 Å². The van der Waals surface area contributed by atoms with Crippen molar-refractivity contribution in [2.75, 3.05) is 0 Å². The second kappa shape index (κ2) is 12.2. The van der Waals surface area contributed by atoms with Crippen LogP contribution in [-0.2, 0) is 13.1 Å². The molecule has 158 valence electrons. The second-order valence-corrected chi connectivity index (χ2v) is 8.17. The average molecular weight is 404 g/mol. The van der Waals surface area contributed by atoms with E-state index in [1.54, 1.807) is 0 Å². The lowest BCUT2D eigenvalue weighted by molar-refractivity contribution is -0.697. The number of nitrogens with zero attached hydrogens (tertiary/aromatic N) is 3. The van der Waals surface area contributed by atoms with Gasteiger partial charge in [-0.1, -0.05) is 45.6 Å². The summed E-state index contributed by atoms with van der Waals surface area (Å²) in [5, 5.41) is 0. The fraction of sp³-hybridized carbons (Fsp3) is 0.444. The van der Waals surface area contributed by atoms with Crippen LogP contribution in [-0.4, -0.2) is 4.98 Å². The molecule has 3 rings (SSSR count). The summed E-state index contributed by atoms with van der Waals surface area (Å²) in [6.07, 6.45) is 21.0. The first-order valence-corrected chi connectivity index (χ1v) is 11.8. The van der Waals surface area contributed by atoms with Crippen molar-refractivity contribution >= 4 is 0 Å². The van der Waals surface area contributed by atoms with E-state index in [0.29, 0.717) is 0 Å². The molecule has 3 heterocycles. The van der Waals surface area contributed by atoms with Gasteiger partial charge in [0.2, 0.25) is 0 Å². The first-order chi connectivity index (χ1) is 14.8. The Hall–Kier alpha value is -2.55. The van der Waals surface area contributed by atoms with Crippen molar-refractivity contribution in [3.05, 3.63) is 67.4 Å². The molecule has 0 aliphatic carbocycles. The van der Waals surface area contributed by atoms with E-state index in [4.69, 9.17) is 4.98 Å². The molecular formula is C27H37N3+2. The van der Waals surface area contributed by atoms with E-state index >= 15 is 0 Å². The molecule has 0 saturated heterocycles. The molecule has 0 saturated carbocycles. The monoisotopic (exact) mass is 403 g/mol. The van der Waals surface area contributed by atoms with Crippen LogP contribution in [0, 0.1) is 0 Å². The zero-order valence-corrected chi connectivity index (χ0v) is 18.8. The highest BCUT2D eigenvalue weighted by molar-refractivity contribution is 5.79. The molecule has 0 radical (unpaired) electrons. The zero-order chi connectivity index (χ0) is 21.0. The fourth-order valence-electron chi connectivity index (χ4n) is 3.86. The molecule has 3 aromatic rings. The Balaban J connectivity index is 1.70. The third kappa shape index (κ3) is 6.48. The molecule has 3 nitrogen and oxygen atoms in total. The summed E-state index contributed by atoms with van der Waals surface area (Å²) in [6, 6.07) is 13.0. The number of hydrogen-bond donors (Lipinski definition) is 0. The molecule has 0 amide bonds. The predicted octanol–water partition coefficient (Wildman–Crippen LogP) is 6.15. The number of aryl methyl sites for hydroxylation is 2. The van der Waals surface area contributed by atoms with Crippen molar-refractivity contribution in [2.45, 2.75) is 78.3 Å². The van der Waals surface area contributed by atoms with Crippen LogP contribution >= 0.6 is 0 Å². The Kier molecular flexibility index (Phi) is 9.02. The predicted molar refractivity (Wildman–Crippen MR) is 124 cm³/mol. The fourth-order valence-corrected chi connectivity index (χ4v) is 3.86. The van der Waals surface area contributed by atoms with Gasteiger partial charge in [-0.15, -0.1) is 0 Å². The summed E-state index contributed by atoms with van der Waals surface area (Å²) < 4.78 is 4.57. The number of unbranched alkanes of at least 4 members (excludes halogenated alkanes) is 6. The molecule has 0 N–H and O–H groups in total. The summed E-state index contributed by atoms with van der Waals surface area (Å²) in [7, 11) is 0. The Labute approximate surface area is 182 Å². The lowest BCUT2D eigenvalue weighted by atomic mass is 10.0. The molecule has 0 aliphatic rings. The van der Waals surface area contributed by atoms with Crippen LogP contribution in [0.4, 0.5) is 0 Å². The molecule has 0 atom stereocenters. The molecular weight excluding hydrogens is 366 g/mol. The maximum atomic E-state index is 4.72. The minimum absolute atomic E-state index is 1.05. The highest BCUT2D eigenvalue weighted by Crippen LogP contribution is 2.28. The van der Waals surface area contributed by atoms with Gasteiger partial charge in [0.1, 0.15) is 13.1 Å². The van der Waals surface area contributed by atoms with Crippen LogP contribution in [0.1, 0.15) is 65.2 Å². The highest BCUT2D eigenvalue weighted by atomic mass is 14.9. The summed E-state index contributed by atoms with van der Waals surface area (Å²) in [5.41, 5.74) is 4.64. The van der Waals surface area contributed by atoms with Gasteiger partial charge in [-0.2, -0.15) is 0 Å². The van der Waals surface area contributed by atoms with Gasteiger partial charge in [0.05, 0.1) is 5.69 Å². The van der Waals surface area contributed by atoms with Crippen LogP contribution in [0.5, 0.6) is 0 Å². The van der Waals surface area contributed by atoms with Gasteiger partial charge in [-0.3, -0.25) is 4.98 Å². The topological polar surface area (TPSA) is 20.6 Å². The molecule has 3 aromatic heterocycles. The summed E-state index contributed by atoms with van der Waals surface area (Å²) in [6.45, 7) is 6.70. The number of rotatable bonds is 12. The van der Waals surface area contributed by atoms with E-state index < -0.39 is 0 Å². The number of pyridine rings is 3. The SMILES string of the molecule is CCCCCC[n+]1ccc(-c2cccnc2-c2cc[n+](CCCCCC)cc2)cc1. The van der Waals surface area contributed by atoms with E-state index in [0.717, 1.165) is 18.8 Å². The summed E-state index contributed by atoms with van der Waals surface area (Å²) >= 11 is 0. The average Bonchev–Trinajstić information content (AvgIpc) is 2.80. The second-order valence-electron chi connectivity index (χ2n) is 8.17. The summed E-state index contributed by atoms with van der Waals surface area (Å²) in [5.74, 6) is 0. The van der Waals surface area contributed by atoms with Gasteiger partial charge in [-0.05, 0) is 24.5 Å². The molecule has 0 fully saturated rings. The molecule has 0 aliphatic heterocycles. The molecule has 0 unspecified atom stereocenters. The zero-order valence-electron chi connectivity index (χ0n) is 18.8. The van der Waals surface area contributed by atoms with Gasteiger partial charge in [0, 0.05) is 54.4 Å². The molecule has 0 bridgehead atoms. The van der Waals surface area contributed by atoms with E-state index in [2.05, 4.69) is 78.1 Å². The third-order valence-electron chi connectivity index (χ3n) is 5.71. The minimum atomic E-state index is 1.05. The smallest absolute Gasteiger partial charge is 0.169 e. The van der Waals surface area contributed by atoms with E-state index in [-0.39, 0.29) is 0 Å². The van der Waals surface area contributed by atoms with Gasteiger partial charge in [0.15, 0.2) is 24.8 Å². The Morgan fingerprint density at radius 1 is 0.633 bits per heavy atom. The maximum Gasteiger partial charge on any atom is 0.169 e. The van der Waals surface area contributed by atoms with Crippen molar-refractivity contribution < 1.29 is 9.13 Å². The van der Waals surface area contributed by atoms with Crippen LogP contribution < -0.4 is 9.13 Å². The van der Waals surface area contributed by atoms with Crippen LogP contribution in [0.3, 0.4) is 0 Å². The molecule has 0 spiro atoms. The van der Waals surface area contributed by atoms with E-state index in [1.165, 1.54) is 68.1 Å². The first kappa shape index (κ1) is 22.1. The van der Waals surface area contributed by atoms with E-state index in [9.17, 15) is 0 Å². The molecule has 0 aromatic carbocycles. The normalized spacial score (nSPS) is 11.0. The largest absolute Gasteiger partial charge is 0.256 e. The minimum Gasteiger partial charge on any atom is -0.256 e. The van der Waals surface area contributed by atoms with Gasteiger partial charge < -0.3 is 0 Å². The molecule has 30 heavy (non-hydrogen) atoms.